The van der Waals surface area contributed by atoms with E-state index in [2.05, 4.69) is 26.6 Å². The Labute approximate surface area is 130 Å². The summed E-state index contributed by atoms with van der Waals surface area (Å²) >= 11 is 3.09. The Balaban J connectivity index is 1.74. The van der Waals surface area contributed by atoms with Crippen LogP contribution in [0.2, 0.25) is 0 Å². The van der Waals surface area contributed by atoms with Crippen LogP contribution in [-0.2, 0) is 9.53 Å². The minimum Gasteiger partial charge on any atom is -0.444 e. The zero-order chi connectivity index (χ0) is 15.5. The maximum absolute atomic E-state index is 11.7. The number of nitrogens with one attached hydrogen (secondary N) is 2. The molecule has 0 radical (unpaired) electrons. The quantitative estimate of drug-likeness (QED) is 0.706. The summed E-state index contributed by atoms with van der Waals surface area (Å²) in [4.78, 5) is 23.3. The second-order valence-corrected chi connectivity index (χ2v) is 5.71. The van der Waals surface area contributed by atoms with E-state index in [1.807, 2.05) is 0 Å². The van der Waals surface area contributed by atoms with Crippen LogP contribution in [0.5, 0.6) is 0 Å². The lowest BCUT2D eigenvalue weighted by Crippen LogP contribution is -2.49. The third-order valence-electron chi connectivity index (χ3n) is 3.46. The Morgan fingerprint density at radius 3 is 2.81 bits per heavy atom. The molecule has 1 saturated heterocycles. The van der Waals surface area contributed by atoms with E-state index in [0.717, 1.165) is 0 Å². The first kappa shape index (κ1) is 16.0. The van der Waals surface area contributed by atoms with E-state index in [-0.39, 0.29) is 30.9 Å². The molecule has 116 valence electrons. The van der Waals surface area contributed by atoms with Crippen molar-refractivity contribution in [2.45, 2.75) is 25.0 Å². The second-order valence-electron chi connectivity index (χ2n) is 4.93. The third kappa shape index (κ3) is 4.05. The normalized spacial score (nSPS) is 24.8. The van der Waals surface area contributed by atoms with Crippen LogP contribution in [0.25, 0.3) is 0 Å². The number of aliphatic hydroxyl groups is 1. The van der Waals surface area contributed by atoms with Crippen molar-refractivity contribution in [2.75, 3.05) is 19.7 Å². The molecule has 1 aromatic heterocycles. The van der Waals surface area contributed by atoms with Crippen molar-refractivity contribution in [3.8, 4) is 0 Å². The Morgan fingerprint density at radius 2 is 2.24 bits per heavy atom. The molecular formula is C13H17BrN2O5. The van der Waals surface area contributed by atoms with Crippen molar-refractivity contribution in [2.24, 2.45) is 0 Å². The number of carbonyl (C=O) groups excluding carboxylic acids is 2. The van der Waals surface area contributed by atoms with Gasteiger partial charge in [0, 0.05) is 19.6 Å². The molecular weight excluding hydrogens is 344 g/mol. The van der Waals surface area contributed by atoms with Gasteiger partial charge in [-0.3, -0.25) is 9.59 Å². The van der Waals surface area contributed by atoms with E-state index < -0.39 is 11.5 Å². The average Bonchev–Trinajstić information content (AvgIpc) is 3.01. The van der Waals surface area contributed by atoms with Gasteiger partial charge < -0.3 is 24.9 Å². The fourth-order valence-corrected chi connectivity index (χ4v) is 2.31. The van der Waals surface area contributed by atoms with E-state index in [1.54, 1.807) is 13.0 Å². The minimum absolute atomic E-state index is 0.0924. The molecule has 2 rings (SSSR count). The lowest BCUT2D eigenvalue weighted by molar-refractivity contribution is -0.122. The average molecular weight is 361 g/mol. The van der Waals surface area contributed by atoms with E-state index in [0.29, 0.717) is 17.7 Å². The van der Waals surface area contributed by atoms with E-state index in [1.165, 1.54) is 6.07 Å². The highest BCUT2D eigenvalue weighted by molar-refractivity contribution is 9.10. The molecule has 2 atom stereocenters. The van der Waals surface area contributed by atoms with Crippen LogP contribution >= 0.6 is 15.9 Å². The number of halogens is 1. The topological polar surface area (TPSA) is 101 Å². The summed E-state index contributed by atoms with van der Waals surface area (Å²) in [6.45, 7) is 2.13. The standard InChI is InChI=1S/C13H17BrN2O5/c1-8-13(19,4-5-20-8)7-16-11(17)6-15-12(18)9-2-3-10(14)21-9/h2-3,8,19H,4-7H2,1H3,(H,15,18)(H,16,17). The zero-order valence-electron chi connectivity index (χ0n) is 11.5. The molecule has 0 bridgehead atoms. The highest BCUT2D eigenvalue weighted by atomic mass is 79.9. The smallest absolute Gasteiger partial charge is 0.287 e. The van der Waals surface area contributed by atoms with Crippen LogP contribution in [0.4, 0.5) is 0 Å². The molecule has 0 spiro atoms. The van der Waals surface area contributed by atoms with E-state index >= 15 is 0 Å². The molecule has 7 nitrogen and oxygen atoms in total. The summed E-state index contributed by atoms with van der Waals surface area (Å²) in [5.74, 6) is -0.750. The van der Waals surface area contributed by atoms with Crippen LogP contribution < -0.4 is 10.6 Å². The molecule has 1 aromatic rings. The zero-order valence-corrected chi connectivity index (χ0v) is 13.1. The molecule has 0 aliphatic carbocycles. The predicted octanol–water partition coefficient (Wildman–Crippen LogP) is 0.428. The predicted molar refractivity (Wildman–Crippen MR) is 76.7 cm³/mol. The molecule has 1 fully saturated rings. The van der Waals surface area contributed by atoms with Crippen molar-refractivity contribution in [1.29, 1.82) is 0 Å². The largest absolute Gasteiger partial charge is 0.444 e. The molecule has 2 unspecified atom stereocenters. The third-order valence-corrected chi connectivity index (χ3v) is 3.88. The molecule has 21 heavy (non-hydrogen) atoms. The van der Waals surface area contributed by atoms with Crippen molar-refractivity contribution in [3.05, 3.63) is 22.6 Å². The summed E-state index contributed by atoms with van der Waals surface area (Å²) in [6, 6.07) is 3.09. The number of carbonyl (C=O) groups is 2. The van der Waals surface area contributed by atoms with Crippen molar-refractivity contribution in [1.82, 2.24) is 10.6 Å². The summed E-state index contributed by atoms with van der Waals surface area (Å²) in [6.07, 6.45) is 0.147. The Kier molecular flexibility index (Phi) is 5.02. The first-order valence-corrected chi connectivity index (χ1v) is 7.34. The lowest BCUT2D eigenvalue weighted by Gasteiger charge is -2.26. The fourth-order valence-electron chi connectivity index (χ4n) is 2.00. The second kappa shape index (κ2) is 6.59. The SMILES string of the molecule is CC1OCCC1(O)CNC(=O)CNC(=O)c1ccc(Br)o1. The number of hydrogen-bond donors (Lipinski definition) is 3. The number of amides is 2. The molecule has 2 heterocycles. The van der Waals surface area contributed by atoms with Crippen LogP contribution in [0.3, 0.4) is 0 Å². The molecule has 8 heteroatoms. The number of furan rings is 1. The molecule has 0 aromatic carbocycles. The highest BCUT2D eigenvalue weighted by Gasteiger charge is 2.39. The van der Waals surface area contributed by atoms with E-state index in [4.69, 9.17) is 9.15 Å². The molecule has 2 amide bonds. The van der Waals surface area contributed by atoms with Gasteiger partial charge in [-0.2, -0.15) is 0 Å². The summed E-state index contributed by atoms with van der Waals surface area (Å²) in [7, 11) is 0. The lowest BCUT2D eigenvalue weighted by atomic mass is 9.97. The van der Waals surface area contributed by atoms with Gasteiger partial charge >= 0.3 is 0 Å². The maximum Gasteiger partial charge on any atom is 0.287 e. The van der Waals surface area contributed by atoms with Gasteiger partial charge in [-0.05, 0) is 35.0 Å². The Bertz CT molecular complexity index is 532. The van der Waals surface area contributed by atoms with Gasteiger partial charge in [0.25, 0.3) is 5.91 Å². The Hall–Kier alpha value is -1.38. The number of hydrogen-bond acceptors (Lipinski definition) is 5. The van der Waals surface area contributed by atoms with Crippen LogP contribution in [0.15, 0.2) is 21.2 Å². The van der Waals surface area contributed by atoms with E-state index in [9.17, 15) is 14.7 Å². The number of rotatable bonds is 5. The van der Waals surface area contributed by atoms with Gasteiger partial charge in [0.2, 0.25) is 5.91 Å². The molecule has 1 aliphatic rings. The van der Waals surface area contributed by atoms with Crippen LogP contribution in [-0.4, -0.2) is 48.3 Å². The molecule has 3 N–H and O–H groups in total. The van der Waals surface area contributed by atoms with Gasteiger partial charge in [0.05, 0.1) is 12.6 Å². The first-order chi connectivity index (χ1) is 9.90. The van der Waals surface area contributed by atoms with Gasteiger partial charge in [0.1, 0.15) is 5.60 Å². The van der Waals surface area contributed by atoms with Crippen molar-refractivity contribution < 1.29 is 23.8 Å². The van der Waals surface area contributed by atoms with Crippen molar-refractivity contribution >= 4 is 27.7 Å². The highest BCUT2D eigenvalue weighted by Crippen LogP contribution is 2.24. The van der Waals surface area contributed by atoms with Crippen molar-refractivity contribution in [3.63, 3.8) is 0 Å². The monoisotopic (exact) mass is 360 g/mol. The van der Waals surface area contributed by atoms with Gasteiger partial charge in [-0.25, -0.2) is 0 Å². The first-order valence-electron chi connectivity index (χ1n) is 6.55. The van der Waals surface area contributed by atoms with Gasteiger partial charge in [-0.1, -0.05) is 0 Å². The maximum atomic E-state index is 11.7. The van der Waals surface area contributed by atoms with Crippen LogP contribution in [0.1, 0.15) is 23.9 Å². The Morgan fingerprint density at radius 1 is 1.48 bits per heavy atom. The van der Waals surface area contributed by atoms with Gasteiger partial charge in [-0.15, -0.1) is 0 Å². The van der Waals surface area contributed by atoms with Crippen LogP contribution in [0, 0.1) is 0 Å². The molecule has 0 saturated carbocycles. The summed E-state index contributed by atoms with van der Waals surface area (Å²) in [5.41, 5.74) is -1.05. The minimum atomic E-state index is -1.05. The summed E-state index contributed by atoms with van der Waals surface area (Å²) in [5, 5.41) is 15.2. The van der Waals surface area contributed by atoms with Gasteiger partial charge in [0.15, 0.2) is 10.4 Å². The number of ether oxygens (including phenoxy) is 1. The molecule has 1 aliphatic heterocycles. The summed E-state index contributed by atoms with van der Waals surface area (Å²) < 4.78 is 10.8. The fraction of sp³-hybridized carbons (Fsp3) is 0.538.